The van der Waals surface area contributed by atoms with E-state index in [1.54, 1.807) is 0 Å². The molecule has 0 aliphatic carbocycles. The topological polar surface area (TPSA) is 27.7 Å². The third-order valence-corrected chi connectivity index (χ3v) is 3.50. The van der Waals surface area contributed by atoms with Gasteiger partial charge in [-0.2, -0.15) is 0 Å². The maximum Gasteiger partial charge on any atom is 0.200 e. The molecule has 0 bridgehead atoms. The van der Waals surface area contributed by atoms with Crippen LogP contribution in [0.3, 0.4) is 0 Å². The molecule has 2 aromatic carbocycles. The van der Waals surface area contributed by atoms with Gasteiger partial charge in [-0.3, -0.25) is 0 Å². The van der Waals surface area contributed by atoms with Gasteiger partial charge in [0.05, 0.1) is 6.61 Å². The van der Waals surface area contributed by atoms with Gasteiger partial charge in [0.1, 0.15) is 18.1 Å². The lowest BCUT2D eigenvalue weighted by molar-refractivity contribution is -0.0393. The summed E-state index contributed by atoms with van der Waals surface area (Å²) in [6, 6.07) is 17.8. The first kappa shape index (κ1) is 14.0. The lowest BCUT2D eigenvalue weighted by Crippen LogP contribution is -2.14. The minimum atomic E-state index is -0.115. The third kappa shape index (κ3) is 3.99. The van der Waals surface area contributed by atoms with Crippen LogP contribution < -0.4 is 9.47 Å². The minimum Gasteiger partial charge on any atom is -0.489 e. The van der Waals surface area contributed by atoms with Crippen molar-refractivity contribution in [3.8, 4) is 11.5 Å². The summed E-state index contributed by atoms with van der Waals surface area (Å²) in [6.45, 7) is 3.52. The van der Waals surface area contributed by atoms with Gasteiger partial charge in [0.2, 0.25) is 0 Å². The van der Waals surface area contributed by atoms with Gasteiger partial charge >= 0.3 is 0 Å². The van der Waals surface area contributed by atoms with Crippen LogP contribution in [0.15, 0.2) is 54.6 Å². The number of benzene rings is 2. The van der Waals surface area contributed by atoms with Crippen LogP contribution in [0.1, 0.15) is 18.9 Å². The Morgan fingerprint density at radius 3 is 2.38 bits per heavy atom. The molecule has 21 heavy (non-hydrogen) atoms. The van der Waals surface area contributed by atoms with Crippen molar-refractivity contribution in [2.24, 2.45) is 5.92 Å². The van der Waals surface area contributed by atoms with Gasteiger partial charge in [-0.05, 0) is 35.7 Å². The second kappa shape index (κ2) is 6.64. The van der Waals surface area contributed by atoms with E-state index in [4.69, 9.17) is 14.2 Å². The van der Waals surface area contributed by atoms with Crippen LogP contribution in [0.25, 0.3) is 0 Å². The summed E-state index contributed by atoms with van der Waals surface area (Å²) in [5.74, 6) is 2.23. The second-order valence-electron chi connectivity index (χ2n) is 5.47. The summed E-state index contributed by atoms with van der Waals surface area (Å²) in [5.41, 5.74) is 1.16. The van der Waals surface area contributed by atoms with E-state index in [-0.39, 0.29) is 6.29 Å². The van der Waals surface area contributed by atoms with Crippen molar-refractivity contribution in [1.29, 1.82) is 0 Å². The van der Waals surface area contributed by atoms with Crippen LogP contribution in [-0.2, 0) is 11.3 Å². The van der Waals surface area contributed by atoms with E-state index >= 15 is 0 Å². The van der Waals surface area contributed by atoms with Crippen LogP contribution in [0.4, 0.5) is 0 Å². The summed E-state index contributed by atoms with van der Waals surface area (Å²) >= 11 is 0. The quantitative estimate of drug-likeness (QED) is 0.829. The zero-order valence-electron chi connectivity index (χ0n) is 12.2. The first-order valence-corrected chi connectivity index (χ1v) is 7.34. The summed E-state index contributed by atoms with van der Waals surface area (Å²) < 4.78 is 17.1. The van der Waals surface area contributed by atoms with Crippen molar-refractivity contribution in [1.82, 2.24) is 0 Å². The van der Waals surface area contributed by atoms with E-state index in [2.05, 4.69) is 19.1 Å². The van der Waals surface area contributed by atoms with Gasteiger partial charge in [0.25, 0.3) is 0 Å². The van der Waals surface area contributed by atoms with Crippen LogP contribution in [0.2, 0.25) is 0 Å². The predicted octanol–water partition coefficient (Wildman–Crippen LogP) is 4.03. The van der Waals surface area contributed by atoms with Crippen LogP contribution in [0, 0.1) is 5.92 Å². The van der Waals surface area contributed by atoms with Crippen LogP contribution in [-0.4, -0.2) is 12.9 Å². The summed E-state index contributed by atoms with van der Waals surface area (Å²) in [4.78, 5) is 0. The van der Waals surface area contributed by atoms with Gasteiger partial charge in [-0.1, -0.05) is 37.3 Å². The van der Waals surface area contributed by atoms with Crippen molar-refractivity contribution in [3.63, 3.8) is 0 Å². The molecule has 0 radical (unpaired) electrons. The molecule has 1 saturated heterocycles. The maximum atomic E-state index is 5.79. The zero-order chi connectivity index (χ0) is 14.5. The van der Waals surface area contributed by atoms with Crippen LogP contribution >= 0.6 is 0 Å². The lowest BCUT2D eigenvalue weighted by atomic mass is 10.1. The average molecular weight is 284 g/mol. The number of ether oxygens (including phenoxy) is 3. The van der Waals surface area contributed by atoms with Gasteiger partial charge in [-0.25, -0.2) is 0 Å². The molecule has 3 rings (SSSR count). The summed E-state index contributed by atoms with van der Waals surface area (Å²) in [5, 5.41) is 0. The molecule has 0 amide bonds. The Bertz CT molecular complexity index is 550. The maximum absolute atomic E-state index is 5.79. The molecule has 2 atom stereocenters. The molecule has 0 aromatic heterocycles. The summed E-state index contributed by atoms with van der Waals surface area (Å²) in [7, 11) is 0. The first-order valence-electron chi connectivity index (χ1n) is 7.34. The van der Waals surface area contributed by atoms with Crippen molar-refractivity contribution in [2.45, 2.75) is 26.2 Å². The molecule has 0 N–H and O–H groups in total. The monoisotopic (exact) mass is 284 g/mol. The van der Waals surface area contributed by atoms with Gasteiger partial charge < -0.3 is 14.2 Å². The fourth-order valence-corrected chi connectivity index (χ4v) is 2.33. The molecule has 0 saturated carbocycles. The Labute approximate surface area is 125 Å². The molecule has 1 unspecified atom stereocenters. The van der Waals surface area contributed by atoms with Gasteiger partial charge in [0, 0.05) is 6.42 Å². The standard InChI is InChI=1S/C18H20O3/c1-14-11-18(20-12-14)21-17-9-7-16(8-10-17)19-13-15-5-3-2-4-6-15/h2-10,14,18H,11-13H2,1H3/t14-,18?/m1/s1. The summed E-state index contributed by atoms with van der Waals surface area (Å²) in [6.07, 6.45) is 0.836. The Morgan fingerprint density at radius 1 is 1.00 bits per heavy atom. The fourth-order valence-electron chi connectivity index (χ4n) is 2.33. The molecule has 0 spiro atoms. The average Bonchev–Trinajstić information content (AvgIpc) is 2.93. The minimum absolute atomic E-state index is 0.115. The van der Waals surface area contributed by atoms with Crippen molar-refractivity contribution in [2.75, 3.05) is 6.61 Å². The van der Waals surface area contributed by atoms with Crippen LogP contribution in [0.5, 0.6) is 11.5 Å². The van der Waals surface area contributed by atoms with Crippen molar-refractivity contribution < 1.29 is 14.2 Å². The smallest absolute Gasteiger partial charge is 0.200 e. The molecule has 1 fully saturated rings. The Morgan fingerprint density at radius 2 is 1.71 bits per heavy atom. The van der Waals surface area contributed by atoms with Gasteiger partial charge in [-0.15, -0.1) is 0 Å². The zero-order valence-corrected chi connectivity index (χ0v) is 12.2. The highest BCUT2D eigenvalue weighted by Gasteiger charge is 2.23. The fraction of sp³-hybridized carbons (Fsp3) is 0.333. The molecule has 1 aliphatic heterocycles. The number of rotatable bonds is 5. The molecule has 1 aliphatic rings. The van der Waals surface area contributed by atoms with Crippen molar-refractivity contribution in [3.05, 3.63) is 60.2 Å². The Hall–Kier alpha value is -2.00. The van der Waals surface area contributed by atoms with E-state index in [1.165, 1.54) is 0 Å². The molecule has 3 heteroatoms. The third-order valence-electron chi connectivity index (χ3n) is 3.50. The molecule has 2 aromatic rings. The van der Waals surface area contributed by atoms with E-state index < -0.39 is 0 Å². The van der Waals surface area contributed by atoms with E-state index in [1.807, 2.05) is 42.5 Å². The highest BCUT2D eigenvalue weighted by Crippen LogP contribution is 2.24. The lowest BCUT2D eigenvalue weighted by Gasteiger charge is -2.13. The number of hydrogen-bond acceptors (Lipinski definition) is 3. The Balaban J connectivity index is 1.52. The van der Waals surface area contributed by atoms with E-state index in [0.717, 1.165) is 30.1 Å². The molecular formula is C18H20O3. The molecule has 110 valence electrons. The predicted molar refractivity (Wildman–Crippen MR) is 81.4 cm³/mol. The SMILES string of the molecule is C[C@H]1COC(Oc2ccc(OCc3ccccc3)cc2)C1. The second-order valence-corrected chi connectivity index (χ2v) is 5.47. The normalized spacial score (nSPS) is 21.2. The molecule has 1 heterocycles. The highest BCUT2D eigenvalue weighted by molar-refractivity contribution is 5.31. The largest absolute Gasteiger partial charge is 0.489 e. The van der Waals surface area contributed by atoms with Gasteiger partial charge in [0.15, 0.2) is 6.29 Å². The highest BCUT2D eigenvalue weighted by atomic mass is 16.7. The van der Waals surface area contributed by atoms with Crippen molar-refractivity contribution >= 4 is 0 Å². The molecular weight excluding hydrogens is 264 g/mol. The van der Waals surface area contributed by atoms with E-state index in [9.17, 15) is 0 Å². The number of hydrogen-bond donors (Lipinski definition) is 0. The Kier molecular flexibility index (Phi) is 4.41. The van der Waals surface area contributed by atoms with E-state index in [0.29, 0.717) is 12.5 Å². The first-order chi connectivity index (χ1) is 10.3. The molecule has 3 nitrogen and oxygen atoms in total.